The summed E-state index contributed by atoms with van der Waals surface area (Å²) in [6, 6.07) is 0. The first-order valence-corrected chi connectivity index (χ1v) is 6.55. The highest BCUT2D eigenvalue weighted by atomic mass is 35.5. The van der Waals surface area contributed by atoms with Crippen LogP contribution in [0.1, 0.15) is 37.1 Å². The summed E-state index contributed by atoms with van der Waals surface area (Å²) >= 11 is 6.00. The first-order valence-electron chi connectivity index (χ1n) is 6.17. The van der Waals surface area contributed by atoms with Gasteiger partial charge in [0.15, 0.2) is 0 Å². The molecule has 1 heterocycles. The fraction of sp³-hybridized carbons (Fsp3) is 0.667. The Morgan fingerprint density at radius 3 is 2.42 bits per heavy atom. The van der Waals surface area contributed by atoms with Crippen LogP contribution in [0.5, 0.6) is 0 Å². The lowest BCUT2D eigenvalue weighted by atomic mass is 10.3. The molecule has 0 amide bonds. The molecule has 1 saturated carbocycles. The van der Waals surface area contributed by atoms with Crippen LogP contribution in [0.15, 0.2) is 0 Å². The van der Waals surface area contributed by atoms with Crippen LogP contribution < -0.4 is 4.90 Å². The summed E-state index contributed by atoms with van der Waals surface area (Å²) in [6.07, 6.45) is -2.31. The van der Waals surface area contributed by atoms with Crippen LogP contribution in [0.3, 0.4) is 0 Å². The van der Waals surface area contributed by atoms with Crippen LogP contribution in [-0.2, 0) is 0 Å². The van der Waals surface area contributed by atoms with Gasteiger partial charge in [-0.15, -0.1) is 0 Å². The van der Waals surface area contributed by atoms with Gasteiger partial charge < -0.3 is 4.90 Å². The molecule has 19 heavy (non-hydrogen) atoms. The molecule has 0 aliphatic heterocycles. The minimum atomic E-state index is -4.26. The Labute approximate surface area is 114 Å². The van der Waals surface area contributed by atoms with Gasteiger partial charge in [0, 0.05) is 18.0 Å². The molecule has 1 aromatic rings. The fourth-order valence-electron chi connectivity index (χ4n) is 1.88. The topological polar surface area (TPSA) is 29.0 Å². The average Bonchev–Trinajstić information content (AvgIpc) is 3.12. The molecule has 0 unspecified atom stereocenters. The van der Waals surface area contributed by atoms with Crippen LogP contribution in [0.2, 0.25) is 5.15 Å². The SMILES string of the molecule is CCN(CC(F)(F)F)c1nc(C2CC2)nc(Cl)c1C. The van der Waals surface area contributed by atoms with Crippen molar-refractivity contribution in [1.82, 2.24) is 9.97 Å². The van der Waals surface area contributed by atoms with E-state index in [-0.39, 0.29) is 17.6 Å². The molecular formula is C12H15ClF3N3. The van der Waals surface area contributed by atoms with Gasteiger partial charge in [-0.3, -0.25) is 0 Å². The highest BCUT2D eigenvalue weighted by Gasteiger charge is 2.33. The molecule has 1 aliphatic carbocycles. The van der Waals surface area contributed by atoms with E-state index in [1.54, 1.807) is 13.8 Å². The maximum atomic E-state index is 12.6. The van der Waals surface area contributed by atoms with E-state index in [2.05, 4.69) is 9.97 Å². The van der Waals surface area contributed by atoms with E-state index < -0.39 is 12.7 Å². The van der Waals surface area contributed by atoms with Crippen molar-refractivity contribution in [3.8, 4) is 0 Å². The summed E-state index contributed by atoms with van der Waals surface area (Å²) in [5.41, 5.74) is 0.497. The van der Waals surface area contributed by atoms with Gasteiger partial charge in [0.05, 0.1) is 0 Å². The van der Waals surface area contributed by atoms with Crippen LogP contribution in [0.25, 0.3) is 0 Å². The van der Waals surface area contributed by atoms with E-state index >= 15 is 0 Å². The van der Waals surface area contributed by atoms with Gasteiger partial charge in [-0.05, 0) is 26.7 Å². The Morgan fingerprint density at radius 2 is 1.95 bits per heavy atom. The number of nitrogens with zero attached hydrogens (tertiary/aromatic N) is 3. The number of alkyl halides is 3. The van der Waals surface area contributed by atoms with Gasteiger partial charge >= 0.3 is 6.18 Å². The highest BCUT2D eigenvalue weighted by molar-refractivity contribution is 6.30. The summed E-state index contributed by atoms with van der Waals surface area (Å²) in [6.45, 7) is 2.50. The molecule has 0 radical (unpaired) electrons. The second kappa shape index (κ2) is 5.15. The van der Waals surface area contributed by atoms with Crippen molar-refractivity contribution in [3.05, 3.63) is 16.5 Å². The first-order chi connectivity index (χ1) is 8.81. The van der Waals surface area contributed by atoms with Crippen LogP contribution in [-0.4, -0.2) is 29.2 Å². The van der Waals surface area contributed by atoms with Crippen LogP contribution >= 0.6 is 11.6 Å². The average molecular weight is 294 g/mol. The second-order valence-corrected chi connectivity index (χ2v) is 5.08. The first kappa shape index (κ1) is 14.4. The van der Waals surface area contributed by atoms with Crippen molar-refractivity contribution in [1.29, 1.82) is 0 Å². The number of hydrogen-bond donors (Lipinski definition) is 0. The lowest BCUT2D eigenvalue weighted by molar-refractivity contribution is -0.119. The lowest BCUT2D eigenvalue weighted by Crippen LogP contribution is -2.35. The van der Waals surface area contributed by atoms with Crippen molar-refractivity contribution < 1.29 is 13.2 Å². The number of halogens is 4. The normalized spacial score (nSPS) is 15.7. The third-order valence-electron chi connectivity index (χ3n) is 3.07. The smallest absolute Gasteiger partial charge is 0.347 e. The number of anilines is 1. The minimum Gasteiger partial charge on any atom is -0.347 e. The molecule has 106 valence electrons. The molecular weight excluding hydrogens is 279 g/mol. The largest absolute Gasteiger partial charge is 0.405 e. The van der Waals surface area contributed by atoms with Crippen molar-refractivity contribution in [2.24, 2.45) is 0 Å². The van der Waals surface area contributed by atoms with E-state index in [1.165, 1.54) is 4.90 Å². The molecule has 2 rings (SSSR count). The van der Waals surface area contributed by atoms with Crippen molar-refractivity contribution in [2.75, 3.05) is 18.0 Å². The molecule has 0 spiro atoms. The zero-order chi connectivity index (χ0) is 14.2. The van der Waals surface area contributed by atoms with Gasteiger partial charge in [-0.25, -0.2) is 9.97 Å². The van der Waals surface area contributed by atoms with E-state index in [0.29, 0.717) is 17.2 Å². The molecule has 3 nitrogen and oxygen atoms in total. The molecule has 0 N–H and O–H groups in total. The van der Waals surface area contributed by atoms with Gasteiger partial charge in [-0.2, -0.15) is 13.2 Å². The Hall–Kier alpha value is -1.04. The van der Waals surface area contributed by atoms with Gasteiger partial charge in [0.2, 0.25) is 0 Å². The third-order valence-corrected chi connectivity index (χ3v) is 3.44. The molecule has 0 saturated heterocycles. The standard InChI is InChI=1S/C12H15ClF3N3/c1-3-19(6-12(14,15)16)11-7(2)9(13)17-10(18-11)8-4-5-8/h8H,3-6H2,1-2H3. The highest BCUT2D eigenvalue weighted by Crippen LogP contribution is 2.40. The van der Waals surface area contributed by atoms with E-state index in [0.717, 1.165) is 12.8 Å². The zero-order valence-electron chi connectivity index (χ0n) is 10.8. The summed E-state index contributed by atoms with van der Waals surface area (Å²) < 4.78 is 37.7. The van der Waals surface area contributed by atoms with Crippen LogP contribution in [0, 0.1) is 6.92 Å². The zero-order valence-corrected chi connectivity index (χ0v) is 11.5. The van der Waals surface area contributed by atoms with E-state index in [9.17, 15) is 13.2 Å². The van der Waals surface area contributed by atoms with E-state index in [4.69, 9.17) is 11.6 Å². The molecule has 7 heteroatoms. The van der Waals surface area contributed by atoms with Gasteiger partial charge in [0.25, 0.3) is 0 Å². The van der Waals surface area contributed by atoms with Gasteiger partial charge in [0.1, 0.15) is 23.3 Å². The Kier molecular flexibility index (Phi) is 3.90. The van der Waals surface area contributed by atoms with Crippen molar-refractivity contribution in [2.45, 2.75) is 38.8 Å². The molecule has 0 atom stereocenters. The fourth-order valence-corrected chi connectivity index (χ4v) is 2.05. The summed E-state index contributed by atoms with van der Waals surface area (Å²) in [4.78, 5) is 9.63. The maximum absolute atomic E-state index is 12.6. The monoisotopic (exact) mass is 293 g/mol. The Morgan fingerprint density at radius 1 is 1.32 bits per heavy atom. The third kappa shape index (κ3) is 3.49. The van der Waals surface area contributed by atoms with Gasteiger partial charge in [-0.1, -0.05) is 11.6 Å². The maximum Gasteiger partial charge on any atom is 0.405 e. The molecule has 1 fully saturated rings. The molecule has 0 aromatic carbocycles. The number of aromatic nitrogens is 2. The predicted octanol–water partition coefficient (Wildman–Crippen LogP) is 3.70. The molecule has 1 aliphatic rings. The van der Waals surface area contributed by atoms with Crippen LogP contribution in [0.4, 0.5) is 19.0 Å². The van der Waals surface area contributed by atoms with Crippen molar-refractivity contribution in [3.63, 3.8) is 0 Å². The molecule has 1 aromatic heterocycles. The van der Waals surface area contributed by atoms with E-state index in [1.807, 2.05) is 0 Å². The number of hydrogen-bond acceptors (Lipinski definition) is 3. The summed E-state index contributed by atoms with van der Waals surface area (Å²) in [7, 11) is 0. The second-order valence-electron chi connectivity index (χ2n) is 4.72. The minimum absolute atomic E-state index is 0.220. The number of rotatable bonds is 4. The Balaban J connectivity index is 2.35. The van der Waals surface area contributed by atoms with Crippen molar-refractivity contribution >= 4 is 17.4 Å². The quantitative estimate of drug-likeness (QED) is 0.793. The Bertz CT molecular complexity index is 472. The summed E-state index contributed by atoms with van der Waals surface area (Å²) in [5.74, 6) is 1.11. The predicted molar refractivity (Wildman–Crippen MR) is 67.7 cm³/mol. The lowest BCUT2D eigenvalue weighted by Gasteiger charge is -2.25. The summed E-state index contributed by atoms with van der Waals surface area (Å²) in [5, 5.41) is 0.243. The molecule has 0 bridgehead atoms.